The van der Waals surface area contributed by atoms with E-state index in [4.69, 9.17) is 21.1 Å². The normalized spacial score (nSPS) is 27.2. The minimum Gasteiger partial charge on any atom is -0.455 e. The van der Waals surface area contributed by atoms with Crippen molar-refractivity contribution in [2.75, 3.05) is 18.1 Å². The fourth-order valence-corrected chi connectivity index (χ4v) is 8.80. The number of para-hydroxylation sites is 1. The Balaban J connectivity index is 1.53. The molecule has 2 aromatic carbocycles. The smallest absolute Gasteiger partial charge is 0.313 e. The molecular weight excluding hydrogens is 714 g/mol. The summed E-state index contributed by atoms with van der Waals surface area (Å²) < 4.78 is 12.9. The highest BCUT2D eigenvalue weighted by Crippen LogP contribution is 2.61. The summed E-state index contributed by atoms with van der Waals surface area (Å²) in [5.41, 5.74) is -0.292. The van der Waals surface area contributed by atoms with Gasteiger partial charge in [-0.3, -0.25) is 19.2 Å². The molecule has 12 heteroatoms. The number of benzene rings is 2. The summed E-state index contributed by atoms with van der Waals surface area (Å²) in [6.45, 7) is 10.8. The van der Waals surface area contributed by atoms with E-state index < -0.39 is 72.2 Å². The summed E-state index contributed by atoms with van der Waals surface area (Å²) in [6.07, 6.45) is 2.95. The van der Waals surface area contributed by atoms with Crippen LogP contribution in [0.5, 0.6) is 0 Å². The maximum Gasteiger partial charge on any atom is 0.313 e. The maximum atomic E-state index is 14.8. The molecule has 0 aliphatic carbocycles. The molecule has 9 atom stereocenters. The Morgan fingerprint density at radius 1 is 1.18 bits per heavy atom. The molecule has 0 saturated carbocycles. The first-order valence-electron chi connectivity index (χ1n) is 16.6. The summed E-state index contributed by atoms with van der Waals surface area (Å²) in [7, 11) is 0. The summed E-state index contributed by atoms with van der Waals surface area (Å²) in [4.78, 5) is 59.0. The molecule has 49 heavy (non-hydrogen) atoms. The Morgan fingerprint density at radius 3 is 2.51 bits per heavy atom. The first-order valence-corrected chi connectivity index (χ1v) is 17.9. The van der Waals surface area contributed by atoms with Crippen molar-refractivity contribution in [2.45, 2.75) is 80.3 Å². The van der Waals surface area contributed by atoms with Crippen molar-refractivity contribution in [1.29, 1.82) is 0 Å². The van der Waals surface area contributed by atoms with E-state index in [1.807, 2.05) is 37.3 Å². The van der Waals surface area contributed by atoms with Crippen LogP contribution < -0.4 is 10.2 Å². The molecule has 5 rings (SSSR count). The van der Waals surface area contributed by atoms with Crippen molar-refractivity contribution in [3.05, 3.63) is 90.5 Å². The number of aliphatic hydroxyl groups is 1. The second-order valence-corrected chi connectivity index (χ2v) is 14.4. The topological polar surface area (TPSA) is 125 Å². The lowest BCUT2D eigenvalue weighted by atomic mass is 9.70. The average Bonchev–Trinajstić information content (AvgIpc) is 3.69. The lowest BCUT2D eigenvalue weighted by molar-refractivity contribution is -0.162. The zero-order chi connectivity index (χ0) is 35.5. The number of carbonyl (C=O) groups is 4. The van der Waals surface area contributed by atoms with Gasteiger partial charge in [0.15, 0.2) is 0 Å². The Bertz CT molecular complexity index is 1570. The zero-order valence-corrected chi connectivity index (χ0v) is 30.0. The van der Waals surface area contributed by atoms with Gasteiger partial charge in [0, 0.05) is 17.8 Å². The second-order valence-electron chi connectivity index (χ2n) is 12.8. The minimum atomic E-state index is -1.40. The van der Waals surface area contributed by atoms with Crippen molar-refractivity contribution < 1.29 is 33.8 Å². The molecule has 1 spiro atoms. The Kier molecular flexibility index (Phi) is 11.7. The van der Waals surface area contributed by atoms with Crippen LogP contribution in [-0.4, -0.2) is 81.5 Å². The van der Waals surface area contributed by atoms with Crippen LogP contribution in [0.15, 0.2) is 79.9 Å². The van der Waals surface area contributed by atoms with Gasteiger partial charge in [0.25, 0.3) is 5.91 Å². The standard InChI is InChI=1S/C37H43BrClN3O7/c1-5-8-18-28(44)40-22(4)31(23-14-10-9-11-15-23)48-36(47)29-30-34(45)42(24(7-3)21-43)33(37(30)20-25(38)32(29)49-37)35(46)41(19-6-2)27-17-13-12-16-26(27)39/h5-6,9-17,22,24-25,29-33,43H,1-2,7-8,18-21H2,3-4H3,(H,40,44)/t22-,24+,25?,29+,30-,31-,32+,33+,37-/m1/s1. The number of allylic oxidation sites excluding steroid dienone is 1. The second kappa shape index (κ2) is 15.6. The predicted octanol–water partition coefficient (Wildman–Crippen LogP) is 5.13. The molecule has 262 valence electrons. The third-order valence-electron chi connectivity index (χ3n) is 9.82. The van der Waals surface area contributed by atoms with Crippen LogP contribution in [0.1, 0.15) is 51.2 Å². The number of halogens is 2. The number of hydrogen-bond donors (Lipinski definition) is 2. The van der Waals surface area contributed by atoms with Crippen molar-refractivity contribution in [3.63, 3.8) is 0 Å². The lowest BCUT2D eigenvalue weighted by Gasteiger charge is -2.39. The van der Waals surface area contributed by atoms with Crippen LogP contribution in [0.4, 0.5) is 5.69 Å². The summed E-state index contributed by atoms with van der Waals surface area (Å²) in [6, 6.07) is 13.5. The predicted molar refractivity (Wildman–Crippen MR) is 190 cm³/mol. The molecule has 3 aliphatic rings. The molecule has 0 aromatic heterocycles. The van der Waals surface area contributed by atoms with E-state index in [0.29, 0.717) is 29.1 Å². The number of anilines is 1. The van der Waals surface area contributed by atoms with E-state index in [0.717, 1.165) is 0 Å². The maximum absolute atomic E-state index is 14.8. The number of likely N-dealkylation sites (tertiary alicyclic amines) is 1. The largest absolute Gasteiger partial charge is 0.455 e. The van der Waals surface area contributed by atoms with Gasteiger partial charge in [-0.2, -0.15) is 0 Å². The molecule has 0 radical (unpaired) electrons. The van der Waals surface area contributed by atoms with Crippen LogP contribution in [0.25, 0.3) is 0 Å². The van der Waals surface area contributed by atoms with Crippen molar-refractivity contribution >= 4 is 56.9 Å². The van der Waals surface area contributed by atoms with Crippen LogP contribution in [0.2, 0.25) is 5.02 Å². The summed E-state index contributed by atoms with van der Waals surface area (Å²) in [5.74, 6) is -3.92. The van der Waals surface area contributed by atoms with Gasteiger partial charge in [0.1, 0.15) is 17.7 Å². The number of alkyl halides is 1. The number of hydrogen-bond acceptors (Lipinski definition) is 7. The average molecular weight is 757 g/mol. The van der Waals surface area contributed by atoms with E-state index in [9.17, 15) is 24.3 Å². The number of nitrogens with zero attached hydrogens (tertiary/aromatic N) is 2. The highest BCUT2D eigenvalue weighted by molar-refractivity contribution is 9.09. The third-order valence-corrected chi connectivity index (χ3v) is 11.0. The fourth-order valence-electron chi connectivity index (χ4n) is 7.62. The van der Waals surface area contributed by atoms with Gasteiger partial charge in [-0.15, -0.1) is 13.2 Å². The first-order chi connectivity index (χ1) is 23.5. The Morgan fingerprint density at radius 2 is 1.88 bits per heavy atom. The van der Waals surface area contributed by atoms with Crippen LogP contribution in [-0.2, 0) is 28.7 Å². The molecule has 3 saturated heterocycles. The number of amides is 3. The molecule has 3 heterocycles. The van der Waals surface area contributed by atoms with Gasteiger partial charge < -0.3 is 29.7 Å². The van der Waals surface area contributed by atoms with Crippen LogP contribution >= 0.6 is 27.5 Å². The highest BCUT2D eigenvalue weighted by atomic mass is 79.9. The number of carbonyl (C=O) groups excluding carboxylic acids is 4. The van der Waals surface area contributed by atoms with Crippen LogP contribution in [0, 0.1) is 11.8 Å². The van der Waals surface area contributed by atoms with E-state index in [1.54, 1.807) is 43.3 Å². The number of fused-ring (bicyclic) bond motifs is 1. The molecule has 3 aliphatic heterocycles. The molecular formula is C37H43BrClN3O7. The van der Waals surface area contributed by atoms with E-state index in [2.05, 4.69) is 34.4 Å². The number of ether oxygens (including phenoxy) is 2. The van der Waals surface area contributed by atoms with E-state index in [1.165, 1.54) is 9.80 Å². The SMILES string of the molecule is C=CCCC(=O)N[C@H](C)[C@@H](OC(=O)[C@@H]1[C@H]2O[C@@]3(CC2Br)[C@H](C(=O)N(CC=C)c2ccccc2Cl)N([C@@H](CC)CO)C(=O)[C@@H]13)c1ccccc1. The number of rotatable bonds is 15. The van der Waals surface area contributed by atoms with Gasteiger partial charge in [-0.25, -0.2) is 0 Å². The number of aliphatic hydroxyl groups excluding tert-OH is 1. The monoisotopic (exact) mass is 755 g/mol. The summed E-state index contributed by atoms with van der Waals surface area (Å²) in [5, 5.41) is 13.7. The van der Waals surface area contributed by atoms with Gasteiger partial charge in [0.05, 0.1) is 47.3 Å². The molecule has 3 fully saturated rings. The minimum absolute atomic E-state index is 0.0968. The van der Waals surface area contributed by atoms with E-state index >= 15 is 0 Å². The first kappa shape index (κ1) is 36.8. The number of esters is 1. The van der Waals surface area contributed by atoms with Gasteiger partial charge in [0.2, 0.25) is 11.8 Å². The lowest BCUT2D eigenvalue weighted by Crippen LogP contribution is -2.59. The zero-order valence-electron chi connectivity index (χ0n) is 27.7. The van der Waals surface area contributed by atoms with Gasteiger partial charge in [-0.05, 0) is 43.9 Å². The van der Waals surface area contributed by atoms with Gasteiger partial charge in [-0.1, -0.05) is 89.1 Å². The Hall–Kier alpha value is -3.51. The van der Waals surface area contributed by atoms with E-state index in [-0.39, 0.29) is 30.1 Å². The molecule has 2 aromatic rings. The van der Waals surface area contributed by atoms with Crippen molar-refractivity contribution in [1.82, 2.24) is 10.2 Å². The van der Waals surface area contributed by atoms with Crippen molar-refractivity contribution in [2.24, 2.45) is 11.8 Å². The summed E-state index contributed by atoms with van der Waals surface area (Å²) >= 11 is 10.3. The highest BCUT2D eigenvalue weighted by Gasteiger charge is 2.77. The molecule has 2 N–H and O–H groups in total. The molecule has 3 amide bonds. The Labute approximate surface area is 300 Å². The van der Waals surface area contributed by atoms with Crippen molar-refractivity contribution in [3.8, 4) is 0 Å². The van der Waals surface area contributed by atoms with Gasteiger partial charge >= 0.3 is 5.97 Å². The quantitative estimate of drug-likeness (QED) is 0.147. The van der Waals surface area contributed by atoms with Crippen LogP contribution in [0.3, 0.4) is 0 Å². The molecule has 10 nitrogen and oxygen atoms in total. The number of nitrogens with one attached hydrogen (secondary N) is 1. The fraction of sp³-hybridized carbons (Fsp3) is 0.459. The molecule has 1 unspecified atom stereocenters. The molecule has 2 bridgehead atoms. The third kappa shape index (κ3) is 6.82.